The largest absolute Gasteiger partial charge is 0.633 e. The molecule has 0 aromatic carbocycles. The molecule has 31 heavy (non-hydrogen) atoms. The van der Waals surface area contributed by atoms with E-state index < -0.39 is 4.65 Å². The molecule has 0 aliphatic heterocycles. The SMILES string of the molecule is CCCCCCCC/C=C\CCCCCCCC(=O)NCCC[N+]([O-])(CCO)CCO. The quantitative estimate of drug-likeness (QED) is 0.0914. The number of aliphatic hydroxyl groups excluding tert-OH is 2. The van der Waals surface area contributed by atoms with Gasteiger partial charge in [0.25, 0.3) is 0 Å². The number of unbranched alkanes of at least 4 members (excludes halogenated alkanes) is 11. The number of nitrogens with zero attached hydrogens (tertiary/aromatic N) is 1. The Balaban J connectivity index is 3.45. The molecule has 0 spiro atoms. The Morgan fingerprint density at radius 3 is 1.84 bits per heavy atom. The molecule has 0 heterocycles. The van der Waals surface area contributed by atoms with Crippen LogP contribution in [0.15, 0.2) is 12.2 Å². The van der Waals surface area contributed by atoms with E-state index in [-0.39, 0.29) is 32.2 Å². The zero-order chi connectivity index (χ0) is 23.0. The van der Waals surface area contributed by atoms with Gasteiger partial charge in [0.1, 0.15) is 13.1 Å². The van der Waals surface area contributed by atoms with E-state index in [2.05, 4.69) is 24.4 Å². The van der Waals surface area contributed by atoms with Crippen molar-refractivity contribution in [2.45, 2.75) is 103 Å². The summed E-state index contributed by atoms with van der Waals surface area (Å²) in [6, 6.07) is 0. The van der Waals surface area contributed by atoms with Crippen LogP contribution in [-0.2, 0) is 4.79 Å². The minimum absolute atomic E-state index is 0.0472. The van der Waals surface area contributed by atoms with E-state index in [1.54, 1.807) is 0 Å². The molecule has 6 heteroatoms. The minimum Gasteiger partial charge on any atom is -0.633 e. The number of hydrogen-bond donors (Lipinski definition) is 3. The van der Waals surface area contributed by atoms with E-state index in [1.807, 2.05) is 0 Å². The lowest BCUT2D eigenvalue weighted by Crippen LogP contribution is -2.47. The number of aliphatic hydroxyl groups is 2. The minimum atomic E-state index is -0.600. The van der Waals surface area contributed by atoms with Gasteiger partial charge in [-0.2, -0.15) is 0 Å². The highest BCUT2D eigenvalue weighted by atomic mass is 16.5. The summed E-state index contributed by atoms with van der Waals surface area (Å²) < 4.78 is -0.600. The van der Waals surface area contributed by atoms with Gasteiger partial charge in [0.15, 0.2) is 0 Å². The van der Waals surface area contributed by atoms with Crippen LogP contribution >= 0.6 is 0 Å². The topological polar surface area (TPSA) is 92.6 Å². The highest BCUT2D eigenvalue weighted by Gasteiger charge is 2.15. The highest BCUT2D eigenvalue weighted by molar-refractivity contribution is 5.75. The molecule has 0 saturated heterocycles. The van der Waals surface area contributed by atoms with Gasteiger partial charge in [-0.15, -0.1) is 0 Å². The Kier molecular flexibility index (Phi) is 21.6. The first kappa shape index (κ1) is 30.0. The third kappa shape index (κ3) is 20.7. The van der Waals surface area contributed by atoms with Gasteiger partial charge in [0.2, 0.25) is 5.91 Å². The van der Waals surface area contributed by atoms with Gasteiger partial charge in [0.05, 0.1) is 19.8 Å². The molecule has 0 rings (SSSR count). The molecule has 0 saturated carbocycles. The number of quaternary nitrogens is 1. The molecule has 0 atom stereocenters. The number of allylic oxidation sites excluding steroid dienone is 2. The molecule has 6 nitrogen and oxygen atoms in total. The van der Waals surface area contributed by atoms with Gasteiger partial charge in [-0.1, -0.05) is 70.4 Å². The van der Waals surface area contributed by atoms with Gasteiger partial charge >= 0.3 is 0 Å². The number of nitrogens with one attached hydrogen (secondary N) is 1. The average molecular weight is 443 g/mol. The van der Waals surface area contributed by atoms with Gasteiger partial charge in [-0.05, 0) is 32.1 Å². The first-order chi connectivity index (χ1) is 15.1. The summed E-state index contributed by atoms with van der Waals surface area (Å²) in [5.41, 5.74) is 0. The average Bonchev–Trinajstić information content (AvgIpc) is 2.74. The summed E-state index contributed by atoms with van der Waals surface area (Å²) in [5.74, 6) is 0.0472. The van der Waals surface area contributed by atoms with Crippen molar-refractivity contribution in [1.82, 2.24) is 5.32 Å². The maximum atomic E-state index is 12.3. The smallest absolute Gasteiger partial charge is 0.219 e. The lowest BCUT2D eigenvalue weighted by molar-refractivity contribution is -0.881. The molecule has 1 amide bonds. The molecule has 0 aliphatic carbocycles. The fraction of sp³-hybridized carbons (Fsp3) is 0.880. The second-order valence-electron chi connectivity index (χ2n) is 8.71. The summed E-state index contributed by atoms with van der Waals surface area (Å²) >= 11 is 0. The summed E-state index contributed by atoms with van der Waals surface area (Å²) in [6.07, 6.45) is 21.9. The number of hydrogen-bond acceptors (Lipinski definition) is 4. The number of carbonyl (C=O) groups excluding carboxylic acids is 1. The molecule has 0 fully saturated rings. The first-order valence-electron chi connectivity index (χ1n) is 12.8. The van der Waals surface area contributed by atoms with Crippen molar-refractivity contribution in [2.75, 3.05) is 39.4 Å². The standard InChI is InChI=1S/C25H50N2O4/c1-2-3-4-5-6-7-8-9-10-11-12-13-14-15-16-18-25(30)26-19-17-20-27(31,21-23-28)22-24-29/h9-10,28-29H,2-8,11-24H2,1H3,(H,26,30)/b10-9-. The Labute approximate surface area is 191 Å². The van der Waals surface area contributed by atoms with Crippen LogP contribution in [0.5, 0.6) is 0 Å². The summed E-state index contributed by atoms with van der Waals surface area (Å²) in [4.78, 5) is 11.9. The van der Waals surface area contributed by atoms with E-state index in [9.17, 15) is 10.0 Å². The third-order valence-electron chi connectivity index (χ3n) is 5.75. The Morgan fingerprint density at radius 1 is 0.774 bits per heavy atom. The molecule has 3 N–H and O–H groups in total. The molecule has 0 aliphatic rings. The summed E-state index contributed by atoms with van der Waals surface area (Å²) in [5, 5.41) is 33.1. The monoisotopic (exact) mass is 442 g/mol. The van der Waals surface area contributed by atoms with Crippen molar-refractivity contribution < 1.29 is 19.7 Å². The van der Waals surface area contributed by atoms with Crippen LogP contribution < -0.4 is 5.32 Å². The maximum Gasteiger partial charge on any atom is 0.219 e. The van der Waals surface area contributed by atoms with E-state index in [4.69, 9.17) is 10.2 Å². The lowest BCUT2D eigenvalue weighted by atomic mass is 10.1. The van der Waals surface area contributed by atoms with Crippen LogP contribution in [0.4, 0.5) is 0 Å². The second-order valence-corrected chi connectivity index (χ2v) is 8.71. The van der Waals surface area contributed by atoms with Crippen molar-refractivity contribution in [3.05, 3.63) is 17.4 Å². The molecule has 184 valence electrons. The molecule has 0 radical (unpaired) electrons. The van der Waals surface area contributed by atoms with E-state index in [0.717, 1.165) is 12.8 Å². The molecular weight excluding hydrogens is 392 g/mol. The molecule has 0 aromatic rings. The molecule has 0 bridgehead atoms. The highest BCUT2D eigenvalue weighted by Crippen LogP contribution is 2.10. The van der Waals surface area contributed by atoms with Crippen molar-refractivity contribution in [2.24, 2.45) is 0 Å². The number of amides is 1. The second kappa shape index (κ2) is 22.3. The van der Waals surface area contributed by atoms with Crippen LogP contribution in [0.1, 0.15) is 103 Å². The van der Waals surface area contributed by atoms with Gasteiger partial charge in [-0.3, -0.25) is 4.79 Å². The lowest BCUT2D eigenvalue weighted by Gasteiger charge is -2.42. The van der Waals surface area contributed by atoms with Crippen molar-refractivity contribution in [1.29, 1.82) is 0 Å². The van der Waals surface area contributed by atoms with E-state index in [0.29, 0.717) is 25.9 Å². The fourth-order valence-electron chi connectivity index (χ4n) is 3.74. The van der Waals surface area contributed by atoms with Gasteiger partial charge in [-0.25, -0.2) is 0 Å². The van der Waals surface area contributed by atoms with Crippen LogP contribution in [-0.4, -0.2) is 60.2 Å². The Hall–Kier alpha value is -0.950. The molecule has 0 unspecified atom stereocenters. The Bertz CT molecular complexity index is 424. The van der Waals surface area contributed by atoms with Crippen molar-refractivity contribution in [3.63, 3.8) is 0 Å². The first-order valence-corrected chi connectivity index (χ1v) is 12.8. The van der Waals surface area contributed by atoms with E-state index >= 15 is 0 Å². The fourth-order valence-corrected chi connectivity index (χ4v) is 3.74. The van der Waals surface area contributed by atoms with Crippen LogP contribution in [0, 0.1) is 5.21 Å². The zero-order valence-electron chi connectivity index (χ0n) is 20.2. The molecular formula is C25H50N2O4. The van der Waals surface area contributed by atoms with Crippen molar-refractivity contribution >= 4 is 5.91 Å². The maximum absolute atomic E-state index is 12.3. The number of rotatable bonds is 23. The van der Waals surface area contributed by atoms with Crippen LogP contribution in [0.3, 0.4) is 0 Å². The normalized spacial score (nSPS) is 12.0. The van der Waals surface area contributed by atoms with Crippen molar-refractivity contribution in [3.8, 4) is 0 Å². The van der Waals surface area contributed by atoms with E-state index in [1.165, 1.54) is 70.6 Å². The molecule has 0 aromatic heterocycles. The van der Waals surface area contributed by atoms with Gasteiger partial charge in [0, 0.05) is 19.4 Å². The summed E-state index contributed by atoms with van der Waals surface area (Å²) in [6.45, 7) is 2.83. The Morgan fingerprint density at radius 2 is 1.29 bits per heavy atom. The summed E-state index contributed by atoms with van der Waals surface area (Å²) in [7, 11) is 0. The van der Waals surface area contributed by atoms with Crippen LogP contribution in [0.25, 0.3) is 0 Å². The predicted octanol–water partition coefficient (Wildman–Crippen LogP) is 4.83. The zero-order valence-corrected chi connectivity index (χ0v) is 20.2. The number of carbonyl (C=O) groups is 1. The number of hydroxylamine groups is 3. The van der Waals surface area contributed by atoms with Crippen LogP contribution in [0.2, 0.25) is 0 Å². The third-order valence-corrected chi connectivity index (χ3v) is 5.75. The predicted molar refractivity (Wildman–Crippen MR) is 129 cm³/mol. The van der Waals surface area contributed by atoms with Gasteiger partial charge < -0.3 is 25.4 Å².